The summed E-state index contributed by atoms with van der Waals surface area (Å²) in [5.74, 6) is -2.77. The quantitative estimate of drug-likeness (QED) is 0.338. The predicted octanol–water partition coefficient (Wildman–Crippen LogP) is 4.35. The van der Waals surface area contributed by atoms with E-state index in [0.717, 1.165) is 18.4 Å². The Labute approximate surface area is 237 Å². The van der Waals surface area contributed by atoms with E-state index in [4.69, 9.17) is 15.3 Å². The molecule has 1 aliphatic rings. The number of para-hydroxylation sites is 1. The molecule has 0 radical (unpaired) electrons. The monoisotopic (exact) mass is 550 g/mol. The van der Waals surface area contributed by atoms with Gasteiger partial charge in [0, 0.05) is 13.0 Å². The van der Waals surface area contributed by atoms with Crippen LogP contribution in [-0.2, 0) is 24.0 Å². The van der Waals surface area contributed by atoms with Gasteiger partial charge in [-0.15, -0.1) is 0 Å². The normalized spacial score (nSPS) is 17.7. The first kappa shape index (κ1) is 31.0. The molecule has 1 heterocycles. The van der Waals surface area contributed by atoms with Gasteiger partial charge < -0.3 is 10.5 Å². The van der Waals surface area contributed by atoms with Gasteiger partial charge in [-0.2, -0.15) is 0 Å². The first-order valence-corrected chi connectivity index (χ1v) is 14.0. The Morgan fingerprint density at radius 1 is 1.00 bits per heavy atom. The van der Waals surface area contributed by atoms with Crippen LogP contribution in [-0.4, -0.2) is 36.7 Å². The van der Waals surface area contributed by atoms with Crippen LogP contribution in [0.2, 0.25) is 0 Å². The lowest BCUT2D eigenvalue weighted by molar-refractivity contribution is -0.203. The first-order valence-electron chi connectivity index (χ1n) is 14.0. The average Bonchev–Trinajstić information content (AvgIpc) is 2.96. The molecule has 1 fully saturated rings. The van der Waals surface area contributed by atoms with Gasteiger partial charge in [0.1, 0.15) is 0 Å². The fourth-order valence-corrected chi connectivity index (χ4v) is 4.56. The predicted molar refractivity (Wildman–Crippen MR) is 155 cm³/mol. The molecule has 40 heavy (non-hydrogen) atoms. The van der Waals surface area contributed by atoms with Crippen LogP contribution >= 0.6 is 0 Å². The molecule has 0 spiro atoms. The number of hydrogen-bond acceptors (Lipinski definition) is 6. The molecular formula is C31H42N4O5. The third kappa shape index (κ3) is 9.59. The molecule has 3 amide bonds. The van der Waals surface area contributed by atoms with Crippen molar-refractivity contribution >= 4 is 29.5 Å². The molecule has 0 aliphatic carbocycles. The molecule has 1 unspecified atom stereocenters. The molecule has 4 atom stereocenters. The van der Waals surface area contributed by atoms with Gasteiger partial charge in [-0.3, -0.25) is 19.8 Å². The lowest BCUT2D eigenvalue weighted by Crippen LogP contribution is -2.55. The molecule has 0 bridgehead atoms. The van der Waals surface area contributed by atoms with Gasteiger partial charge in [-0.05, 0) is 56.2 Å². The third-order valence-corrected chi connectivity index (χ3v) is 6.66. The Morgan fingerprint density at radius 2 is 1.68 bits per heavy atom. The molecule has 2 aromatic rings. The SMILES string of the molecule is CC(C)C[C@@H](C(=O)NN(C(=O)[C@@H](C)N)c1ccccc1)[C@H](CC=Cc1ccccc1)C(=O)NOC1CCCCO1. The molecule has 0 aromatic heterocycles. The molecule has 1 saturated heterocycles. The summed E-state index contributed by atoms with van der Waals surface area (Å²) in [5.41, 5.74) is 12.7. The number of benzene rings is 2. The summed E-state index contributed by atoms with van der Waals surface area (Å²) in [6.07, 6.45) is 6.57. The Hall–Kier alpha value is -3.53. The number of nitrogens with two attached hydrogens (primary N) is 1. The summed E-state index contributed by atoms with van der Waals surface area (Å²) < 4.78 is 5.58. The van der Waals surface area contributed by atoms with Crippen LogP contribution in [0.1, 0.15) is 58.4 Å². The zero-order valence-corrected chi connectivity index (χ0v) is 23.6. The van der Waals surface area contributed by atoms with Crippen LogP contribution in [0.25, 0.3) is 6.08 Å². The summed E-state index contributed by atoms with van der Waals surface area (Å²) in [6, 6.07) is 17.7. The number of carbonyl (C=O) groups excluding carboxylic acids is 3. The summed E-state index contributed by atoms with van der Waals surface area (Å²) in [7, 11) is 0. The summed E-state index contributed by atoms with van der Waals surface area (Å²) >= 11 is 0. The van der Waals surface area contributed by atoms with E-state index in [2.05, 4.69) is 10.9 Å². The summed E-state index contributed by atoms with van der Waals surface area (Å²) in [6.45, 7) is 6.11. The van der Waals surface area contributed by atoms with E-state index in [1.54, 1.807) is 31.2 Å². The highest BCUT2D eigenvalue weighted by molar-refractivity contribution is 6.00. The van der Waals surface area contributed by atoms with Gasteiger partial charge >= 0.3 is 0 Å². The van der Waals surface area contributed by atoms with Crippen molar-refractivity contribution in [3.05, 3.63) is 72.3 Å². The van der Waals surface area contributed by atoms with E-state index in [9.17, 15) is 14.4 Å². The van der Waals surface area contributed by atoms with Gasteiger partial charge in [0.25, 0.3) is 5.91 Å². The largest absolute Gasteiger partial charge is 0.350 e. The number of ether oxygens (including phenoxy) is 1. The molecule has 0 saturated carbocycles. The van der Waals surface area contributed by atoms with Gasteiger partial charge in [0.15, 0.2) is 6.29 Å². The number of hydrogen-bond donors (Lipinski definition) is 3. The van der Waals surface area contributed by atoms with Crippen molar-refractivity contribution in [3.63, 3.8) is 0 Å². The highest BCUT2D eigenvalue weighted by Gasteiger charge is 2.36. The summed E-state index contributed by atoms with van der Waals surface area (Å²) in [4.78, 5) is 46.0. The van der Waals surface area contributed by atoms with Crippen LogP contribution in [0.4, 0.5) is 5.69 Å². The van der Waals surface area contributed by atoms with Crippen molar-refractivity contribution in [1.82, 2.24) is 10.9 Å². The van der Waals surface area contributed by atoms with Crippen LogP contribution < -0.4 is 21.6 Å². The van der Waals surface area contributed by atoms with E-state index >= 15 is 0 Å². The molecule has 9 heteroatoms. The minimum atomic E-state index is -0.846. The van der Waals surface area contributed by atoms with E-state index in [1.165, 1.54) is 5.01 Å². The number of anilines is 1. The van der Waals surface area contributed by atoms with Crippen LogP contribution in [0, 0.1) is 17.8 Å². The number of amides is 3. The van der Waals surface area contributed by atoms with Crippen molar-refractivity contribution in [2.45, 2.75) is 65.2 Å². The molecule has 1 aliphatic heterocycles. The minimum Gasteiger partial charge on any atom is -0.350 e. The Bertz CT molecular complexity index is 1100. The van der Waals surface area contributed by atoms with Crippen molar-refractivity contribution in [2.24, 2.45) is 23.5 Å². The molecule has 9 nitrogen and oxygen atoms in total. The Kier molecular flexibility index (Phi) is 12.3. The van der Waals surface area contributed by atoms with Crippen molar-refractivity contribution < 1.29 is 24.0 Å². The maximum atomic E-state index is 13.9. The van der Waals surface area contributed by atoms with Gasteiger partial charge in [-0.25, -0.2) is 15.3 Å². The van der Waals surface area contributed by atoms with E-state index in [0.29, 0.717) is 25.1 Å². The van der Waals surface area contributed by atoms with Gasteiger partial charge in [0.2, 0.25) is 11.8 Å². The van der Waals surface area contributed by atoms with Crippen molar-refractivity contribution in [3.8, 4) is 0 Å². The van der Waals surface area contributed by atoms with Gasteiger partial charge in [-0.1, -0.05) is 74.5 Å². The highest BCUT2D eigenvalue weighted by atomic mass is 16.8. The molecule has 2 aromatic carbocycles. The number of hydrazine groups is 1. The zero-order chi connectivity index (χ0) is 28.9. The molecule has 3 rings (SSSR count). The fourth-order valence-electron chi connectivity index (χ4n) is 4.56. The smallest absolute Gasteiger partial charge is 0.262 e. The maximum Gasteiger partial charge on any atom is 0.262 e. The van der Waals surface area contributed by atoms with Gasteiger partial charge in [0.05, 0.1) is 23.6 Å². The standard InChI is InChI=1S/C31H42N4O5/c1-22(2)21-27(29(36)33-35(31(38)23(3)32)25-16-8-5-9-17-25)26(18-12-15-24-13-6-4-7-14-24)30(37)34-40-28-19-10-11-20-39-28/h4-9,12-17,22-23,26-28H,10-11,18-21,32H2,1-3H3,(H,33,36)(H,34,37)/t23-,26+,27-,28?/m1/s1. The molecule has 4 N–H and O–H groups in total. The second-order valence-corrected chi connectivity index (χ2v) is 10.5. The fraction of sp³-hybridized carbons (Fsp3) is 0.452. The molecular weight excluding hydrogens is 508 g/mol. The summed E-state index contributed by atoms with van der Waals surface area (Å²) in [5, 5.41) is 1.17. The van der Waals surface area contributed by atoms with Crippen LogP contribution in [0.3, 0.4) is 0 Å². The third-order valence-electron chi connectivity index (χ3n) is 6.66. The second kappa shape index (κ2) is 15.9. The van der Waals surface area contributed by atoms with E-state index < -0.39 is 41.9 Å². The highest BCUT2D eigenvalue weighted by Crippen LogP contribution is 2.27. The lowest BCUT2D eigenvalue weighted by atomic mass is 9.82. The zero-order valence-electron chi connectivity index (χ0n) is 23.6. The second-order valence-electron chi connectivity index (χ2n) is 10.5. The number of carbonyl (C=O) groups is 3. The van der Waals surface area contributed by atoms with E-state index in [-0.39, 0.29) is 12.3 Å². The number of rotatable bonds is 12. The number of nitrogens with zero attached hydrogens (tertiary/aromatic N) is 1. The maximum absolute atomic E-state index is 13.9. The molecule has 216 valence electrons. The Morgan fingerprint density at radius 3 is 2.27 bits per heavy atom. The van der Waals surface area contributed by atoms with E-state index in [1.807, 2.05) is 62.4 Å². The van der Waals surface area contributed by atoms with Crippen molar-refractivity contribution in [2.75, 3.05) is 11.6 Å². The average molecular weight is 551 g/mol. The van der Waals surface area contributed by atoms with Crippen molar-refractivity contribution in [1.29, 1.82) is 0 Å². The first-order chi connectivity index (χ1) is 19.3. The Balaban J connectivity index is 1.86. The number of allylic oxidation sites excluding steroid dienone is 1. The minimum absolute atomic E-state index is 0.0982. The topological polar surface area (TPSA) is 123 Å². The number of hydroxylamine groups is 1. The van der Waals surface area contributed by atoms with Crippen LogP contribution in [0.5, 0.6) is 0 Å². The lowest BCUT2D eigenvalue weighted by Gasteiger charge is -2.31. The van der Waals surface area contributed by atoms with Crippen LogP contribution in [0.15, 0.2) is 66.7 Å². The number of nitrogens with one attached hydrogen (secondary N) is 2.